The zero-order chi connectivity index (χ0) is 12.7. The molecule has 2 nitrogen and oxygen atoms in total. The molecule has 0 saturated heterocycles. The molecule has 0 saturated carbocycles. The van der Waals surface area contributed by atoms with Crippen LogP contribution in [-0.4, -0.2) is 19.6 Å². The smallest absolute Gasteiger partial charge is 0.125 e. The summed E-state index contributed by atoms with van der Waals surface area (Å²) < 4.78 is 13.5. The maximum atomic E-state index is 13.5. The number of hydrogen-bond acceptors (Lipinski definition) is 2. The largest absolute Gasteiger partial charge is 0.371 e. The molecular formula is C14H23FN2. The zero-order valence-corrected chi connectivity index (χ0v) is 10.9. The summed E-state index contributed by atoms with van der Waals surface area (Å²) in [5.41, 5.74) is 7.49. The first-order valence-electron chi connectivity index (χ1n) is 6.45. The second-order valence-electron chi connectivity index (χ2n) is 4.34. The second kappa shape index (κ2) is 7.28. The Labute approximate surface area is 104 Å². The van der Waals surface area contributed by atoms with Gasteiger partial charge in [-0.25, -0.2) is 4.39 Å². The molecule has 0 heterocycles. The molecule has 0 bridgehead atoms. The fraction of sp³-hybridized carbons (Fsp3) is 0.571. The van der Waals surface area contributed by atoms with Gasteiger partial charge in [-0.2, -0.15) is 0 Å². The Morgan fingerprint density at radius 3 is 2.29 bits per heavy atom. The van der Waals surface area contributed by atoms with Crippen molar-refractivity contribution in [2.24, 2.45) is 5.73 Å². The van der Waals surface area contributed by atoms with Crippen LogP contribution in [0, 0.1) is 5.82 Å². The maximum Gasteiger partial charge on any atom is 0.125 e. The van der Waals surface area contributed by atoms with Crippen LogP contribution >= 0.6 is 0 Å². The van der Waals surface area contributed by atoms with Crippen molar-refractivity contribution in [3.63, 3.8) is 0 Å². The first-order valence-corrected chi connectivity index (χ1v) is 6.45. The number of hydrogen-bond donors (Lipinski definition) is 1. The third-order valence-electron chi connectivity index (χ3n) is 2.73. The second-order valence-corrected chi connectivity index (χ2v) is 4.34. The third kappa shape index (κ3) is 4.35. The molecular weight excluding hydrogens is 215 g/mol. The van der Waals surface area contributed by atoms with Crippen LogP contribution in [0.25, 0.3) is 0 Å². The monoisotopic (exact) mass is 238 g/mol. The van der Waals surface area contributed by atoms with E-state index in [9.17, 15) is 4.39 Å². The maximum absolute atomic E-state index is 13.5. The van der Waals surface area contributed by atoms with Gasteiger partial charge in [0, 0.05) is 18.8 Å². The highest BCUT2D eigenvalue weighted by Gasteiger charge is 2.07. The average molecular weight is 238 g/mol. The Kier molecular flexibility index (Phi) is 5.98. The van der Waals surface area contributed by atoms with E-state index in [-0.39, 0.29) is 5.82 Å². The molecule has 1 aromatic carbocycles. The van der Waals surface area contributed by atoms with Crippen molar-refractivity contribution in [2.45, 2.75) is 33.1 Å². The number of halogens is 1. The Balaban J connectivity index is 2.92. The van der Waals surface area contributed by atoms with Gasteiger partial charge in [0.2, 0.25) is 0 Å². The third-order valence-corrected chi connectivity index (χ3v) is 2.73. The summed E-state index contributed by atoms with van der Waals surface area (Å²) >= 11 is 0. The number of nitrogens with two attached hydrogens (primary N) is 1. The van der Waals surface area contributed by atoms with E-state index >= 15 is 0 Å². The summed E-state index contributed by atoms with van der Waals surface area (Å²) in [6.07, 6.45) is 2.88. The average Bonchev–Trinajstić information content (AvgIpc) is 2.28. The van der Waals surface area contributed by atoms with Crippen molar-refractivity contribution in [3.8, 4) is 0 Å². The van der Waals surface area contributed by atoms with Gasteiger partial charge in [-0.05, 0) is 49.6 Å². The number of anilines is 1. The van der Waals surface area contributed by atoms with Gasteiger partial charge in [0.15, 0.2) is 0 Å². The number of nitrogens with zero attached hydrogens (tertiary/aromatic N) is 1. The number of benzene rings is 1. The van der Waals surface area contributed by atoms with Gasteiger partial charge >= 0.3 is 0 Å². The quantitative estimate of drug-likeness (QED) is 0.791. The van der Waals surface area contributed by atoms with Crippen molar-refractivity contribution in [1.29, 1.82) is 0 Å². The lowest BCUT2D eigenvalue weighted by atomic mass is 10.1. The van der Waals surface area contributed by atoms with E-state index in [1.54, 1.807) is 12.1 Å². The normalized spacial score (nSPS) is 10.6. The SMILES string of the molecule is CCCN(CCC)c1cc(F)cc(CCN)c1. The predicted octanol–water partition coefficient (Wildman–Crippen LogP) is 2.95. The minimum atomic E-state index is -0.164. The van der Waals surface area contributed by atoms with Crippen molar-refractivity contribution in [2.75, 3.05) is 24.5 Å². The van der Waals surface area contributed by atoms with Crippen LogP contribution in [0.4, 0.5) is 10.1 Å². The van der Waals surface area contributed by atoms with Gasteiger partial charge in [0.25, 0.3) is 0 Å². The minimum Gasteiger partial charge on any atom is -0.371 e. The van der Waals surface area contributed by atoms with E-state index in [4.69, 9.17) is 5.73 Å². The Morgan fingerprint density at radius 1 is 1.12 bits per heavy atom. The molecule has 2 N–H and O–H groups in total. The molecule has 1 rings (SSSR count). The Hall–Kier alpha value is -1.09. The van der Waals surface area contributed by atoms with Crippen molar-refractivity contribution < 1.29 is 4.39 Å². The lowest BCUT2D eigenvalue weighted by Crippen LogP contribution is -2.25. The molecule has 96 valence electrons. The van der Waals surface area contributed by atoms with E-state index < -0.39 is 0 Å². The molecule has 3 heteroatoms. The van der Waals surface area contributed by atoms with E-state index in [0.29, 0.717) is 6.54 Å². The standard InChI is InChI=1S/C14H23FN2/c1-3-7-17(8-4-2)14-10-12(5-6-16)9-13(15)11-14/h9-11H,3-8,16H2,1-2H3. The highest BCUT2D eigenvalue weighted by atomic mass is 19.1. The Morgan fingerprint density at radius 2 is 1.76 bits per heavy atom. The highest BCUT2D eigenvalue weighted by Crippen LogP contribution is 2.19. The molecule has 0 aliphatic carbocycles. The van der Waals surface area contributed by atoms with Crippen LogP contribution in [0.15, 0.2) is 18.2 Å². The molecule has 0 unspecified atom stereocenters. The summed E-state index contributed by atoms with van der Waals surface area (Å²) in [5, 5.41) is 0. The summed E-state index contributed by atoms with van der Waals surface area (Å²) in [6, 6.07) is 5.25. The van der Waals surface area contributed by atoms with E-state index in [1.165, 1.54) is 0 Å². The lowest BCUT2D eigenvalue weighted by molar-refractivity contribution is 0.623. The van der Waals surface area contributed by atoms with Crippen molar-refractivity contribution >= 4 is 5.69 Å². The van der Waals surface area contributed by atoms with Crippen LogP contribution in [0.2, 0.25) is 0 Å². The molecule has 0 atom stereocenters. The number of rotatable bonds is 7. The van der Waals surface area contributed by atoms with E-state index in [2.05, 4.69) is 24.8 Å². The highest BCUT2D eigenvalue weighted by molar-refractivity contribution is 5.49. The Bertz CT molecular complexity index is 333. The molecule has 0 amide bonds. The molecule has 1 aromatic rings. The van der Waals surface area contributed by atoms with Crippen molar-refractivity contribution in [3.05, 3.63) is 29.6 Å². The van der Waals surface area contributed by atoms with E-state index in [0.717, 1.165) is 43.6 Å². The topological polar surface area (TPSA) is 29.3 Å². The van der Waals surface area contributed by atoms with Crippen LogP contribution in [0.3, 0.4) is 0 Å². The van der Waals surface area contributed by atoms with Crippen LogP contribution in [0.1, 0.15) is 32.3 Å². The van der Waals surface area contributed by atoms with Crippen LogP contribution in [-0.2, 0) is 6.42 Å². The molecule has 0 spiro atoms. The molecule has 0 aliphatic rings. The zero-order valence-electron chi connectivity index (χ0n) is 10.9. The molecule has 0 aliphatic heterocycles. The first kappa shape index (κ1) is 14.0. The van der Waals surface area contributed by atoms with Gasteiger partial charge in [0.1, 0.15) is 5.82 Å². The summed E-state index contributed by atoms with van der Waals surface area (Å²) in [5.74, 6) is -0.164. The van der Waals surface area contributed by atoms with Crippen LogP contribution < -0.4 is 10.6 Å². The van der Waals surface area contributed by atoms with Gasteiger partial charge in [-0.1, -0.05) is 13.8 Å². The summed E-state index contributed by atoms with van der Waals surface area (Å²) in [4.78, 5) is 2.24. The molecule has 0 radical (unpaired) electrons. The van der Waals surface area contributed by atoms with Gasteiger partial charge in [0.05, 0.1) is 0 Å². The lowest BCUT2D eigenvalue weighted by Gasteiger charge is -2.24. The fourth-order valence-electron chi connectivity index (χ4n) is 2.04. The molecule has 0 aromatic heterocycles. The predicted molar refractivity (Wildman–Crippen MR) is 72.0 cm³/mol. The van der Waals surface area contributed by atoms with Gasteiger partial charge in [-0.3, -0.25) is 0 Å². The van der Waals surface area contributed by atoms with E-state index in [1.807, 2.05) is 0 Å². The molecule has 0 fully saturated rings. The summed E-state index contributed by atoms with van der Waals surface area (Å²) in [6.45, 7) is 6.79. The van der Waals surface area contributed by atoms with Crippen molar-refractivity contribution in [1.82, 2.24) is 0 Å². The van der Waals surface area contributed by atoms with Crippen LogP contribution in [0.5, 0.6) is 0 Å². The summed E-state index contributed by atoms with van der Waals surface area (Å²) in [7, 11) is 0. The van der Waals surface area contributed by atoms with Gasteiger partial charge < -0.3 is 10.6 Å². The van der Waals surface area contributed by atoms with Gasteiger partial charge in [-0.15, -0.1) is 0 Å². The fourth-order valence-corrected chi connectivity index (χ4v) is 2.04. The minimum absolute atomic E-state index is 0.164. The first-order chi connectivity index (χ1) is 8.21. The molecule has 17 heavy (non-hydrogen) atoms.